The number of esters is 4. The van der Waals surface area contributed by atoms with Gasteiger partial charge in [0.05, 0.1) is 94.2 Å². The van der Waals surface area contributed by atoms with E-state index in [4.69, 9.17) is 28.6 Å². The lowest BCUT2D eigenvalue weighted by atomic mass is 9.79. The Morgan fingerprint density at radius 2 is 0.885 bits per heavy atom. The molecule has 4 aromatic rings. The molecule has 23 nitrogen and oxygen atoms in total. The third-order valence-corrected chi connectivity index (χ3v) is 15.8. The van der Waals surface area contributed by atoms with Gasteiger partial charge in [0.2, 0.25) is 0 Å². The number of allylic oxidation sites excluding steroid dienone is 4. The summed E-state index contributed by atoms with van der Waals surface area (Å²) in [5, 5.41) is 26.5. The predicted molar refractivity (Wildman–Crippen MR) is 315 cm³/mol. The Kier molecular flexibility index (Phi) is 22.6. The highest BCUT2D eigenvalue weighted by atomic mass is 16.7. The minimum absolute atomic E-state index is 0. The largest absolute Gasteiger partial charge is 0.466 e. The van der Waals surface area contributed by atoms with Crippen LogP contribution in [0, 0.1) is 20.2 Å². The van der Waals surface area contributed by atoms with Gasteiger partial charge in [-0.05, 0) is 127 Å². The first-order valence-corrected chi connectivity index (χ1v) is 28.7. The number of carbonyl (C=O) groups excluding carboxylic acids is 6. The van der Waals surface area contributed by atoms with Gasteiger partial charge in [-0.2, -0.15) is 10.1 Å². The minimum Gasteiger partial charge on any atom is -0.466 e. The molecule has 87 heavy (non-hydrogen) atoms. The average Bonchev–Trinajstić information content (AvgIpc) is 1.60. The van der Waals surface area contributed by atoms with E-state index in [1.807, 2.05) is 60.7 Å². The van der Waals surface area contributed by atoms with Crippen molar-refractivity contribution in [2.45, 2.75) is 103 Å². The van der Waals surface area contributed by atoms with Crippen LogP contribution in [0.1, 0.15) is 125 Å². The highest BCUT2D eigenvalue weighted by Crippen LogP contribution is 2.48. The number of rotatable bonds is 24. The van der Waals surface area contributed by atoms with Gasteiger partial charge in [-0.3, -0.25) is 30.0 Å². The molecule has 4 atom stereocenters. The van der Waals surface area contributed by atoms with Crippen molar-refractivity contribution in [2.24, 2.45) is 0 Å². The molecule has 8 rings (SSSR count). The van der Waals surface area contributed by atoms with Crippen molar-refractivity contribution in [1.29, 1.82) is 0 Å². The zero-order valence-corrected chi connectivity index (χ0v) is 49.5. The fourth-order valence-electron chi connectivity index (χ4n) is 12.0. The number of carbonyl (C=O) groups is 6. The summed E-state index contributed by atoms with van der Waals surface area (Å²) in [7, 11) is 2.24. The molecule has 2 saturated heterocycles. The number of nitrogens with zero attached hydrogens (tertiary/aromatic N) is 6. The van der Waals surface area contributed by atoms with Crippen LogP contribution in [0.5, 0.6) is 0 Å². The van der Waals surface area contributed by atoms with Gasteiger partial charge in [-0.15, -0.1) is 0 Å². The normalized spacial score (nSPS) is 18.0. The second-order valence-electron chi connectivity index (χ2n) is 20.9. The molecule has 4 aromatic carbocycles. The molecule has 0 amide bonds. The first-order chi connectivity index (χ1) is 41.5. The van der Waals surface area contributed by atoms with Gasteiger partial charge < -0.3 is 34.1 Å². The van der Waals surface area contributed by atoms with Crippen LogP contribution in [0.3, 0.4) is 0 Å². The van der Waals surface area contributed by atoms with Crippen LogP contribution in [0.15, 0.2) is 166 Å². The van der Waals surface area contributed by atoms with Crippen molar-refractivity contribution in [3.63, 3.8) is 0 Å². The molecule has 23 heteroatoms. The lowest BCUT2D eigenvalue weighted by molar-refractivity contribution is -0.385. The molecule has 0 aliphatic carbocycles. The van der Waals surface area contributed by atoms with E-state index in [0.717, 1.165) is 99.5 Å². The van der Waals surface area contributed by atoms with Crippen molar-refractivity contribution >= 4 is 47.2 Å². The maximum absolute atomic E-state index is 14.6. The van der Waals surface area contributed by atoms with Gasteiger partial charge in [0.1, 0.15) is 0 Å². The summed E-state index contributed by atoms with van der Waals surface area (Å²) in [6, 6.07) is 30.0. The van der Waals surface area contributed by atoms with Crippen molar-refractivity contribution in [3.05, 3.63) is 209 Å². The third-order valence-electron chi connectivity index (χ3n) is 15.8. The summed E-state index contributed by atoms with van der Waals surface area (Å²) in [6.45, 7) is 9.01. The summed E-state index contributed by atoms with van der Waals surface area (Å²) in [4.78, 5) is 127. The quantitative estimate of drug-likeness (QED) is 0.0207. The molecule has 0 spiro atoms. The molecule has 4 aliphatic heterocycles. The molecule has 0 bridgehead atoms. The van der Waals surface area contributed by atoms with E-state index < -0.39 is 57.5 Å². The molecule has 4 heterocycles. The number of benzene rings is 4. The highest BCUT2D eigenvalue weighted by Gasteiger charge is 2.46. The molecule has 0 saturated carbocycles. The summed E-state index contributed by atoms with van der Waals surface area (Å²) in [5.41, 5.74) is 1.07. The smallest absolute Gasteiger partial charge is 0.356 e. The predicted octanol–water partition coefficient (Wildman–Crippen LogP) is 9.41. The van der Waals surface area contributed by atoms with Gasteiger partial charge in [0.15, 0.2) is 0 Å². The fraction of sp³-hybridized carbons (Fsp3) is 0.375. The lowest BCUT2D eigenvalue weighted by Crippen LogP contribution is -2.38. The van der Waals surface area contributed by atoms with Gasteiger partial charge in [-0.25, -0.2) is 28.8 Å². The van der Waals surface area contributed by atoms with Crippen molar-refractivity contribution < 1.29 is 72.7 Å². The van der Waals surface area contributed by atoms with Gasteiger partial charge in [-0.1, -0.05) is 84.9 Å². The summed E-state index contributed by atoms with van der Waals surface area (Å²) >= 11 is 0. The standard InChI is InChI=1S/C64H70N6O16.H2O/c1-7-83-63(75)59-51(31-29-49(65-35-15-16-36-65)43-21-11-9-12-22-43)67(41(3)55(61(73)81-5)57(59)45-25-19-27-47(39-45)69(77)78)85-53(71)33-34-54(72)86-68-42(4)56(62(74)82-6)58(46-26-20-28-48(40-46)70(79)80)60(64(76)84-8-2)52(68)32-30-50(66-37-17-18-38-66)44-23-13-10-14-24-44;/h9-14,19-28,33-34,39-40,49-50,57-58H,7-8,15-18,29-32,35-38H2,1-6H3;1H2/b34-33+;. The van der Waals surface area contributed by atoms with E-state index >= 15 is 0 Å². The van der Waals surface area contributed by atoms with E-state index in [0.29, 0.717) is 12.8 Å². The number of methoxy groups -OCH3 is 2. The molecule has 0 aromatic heterocycles. The van der Waals surface area contributed by atoms with E-state index in [1.165, 1.54) is 62.4 Å². The lowest BCUT2D eigenvalue weighted by Gasteiger charge is -2.38. The van der Waals surface area contributed by atoms with Crippen LogP contribution < -0.4 is 0 Å². The van der Waals surface area contributed by atoms with E-state index in [1.54, 1.807) is 13.8 Å². The van der Waals surface area contributed by atoms with Crippen molar-refractivity contribution in [3.8, 4) is 0 Å². The number of hydrogen-bond donors (Lipinski definition) is 0. The van der Waals surface area contributed by atoms with Crippen LogP contribution in [-0.4, -0.2) is 125 Å². The molecule has 2 N–H and O–H groups in total. The Morgan fingerprint density at radius 1 is 0.529 bits per heavy atom. The summed E-state index contributed by atoms with van der Waals surface area (Å²) < 4.78 is 22.0. The van der Waals surface area contributed by atoms with Gasteiger partial charge in [0.25, 0.3) is 11.4 Å². The maximum atomic E-state index is 14.6. The molecular formula is C64H72N6O17. The Balaban J connectivity index is 0.0000108. The van der Waals surface area contributed by atoms with Crippen molar-refractivity contribution in [1.82, 2.24) is 19.9 Å². The van der Waals surface area contributed by atoms with Crippen LogP contribution in [0.4, 0.5) is 11.4 Å². The van der Waals surface area contributed by atoms with E-state index in [2.05, 4.69) is 9.80 Å². The molecule has 4 aliphatic rings. The van der Waals surface area contributed by atoms with E-state index in [9.17, 15) is 49.0 Å². The highest BCUT2D eigenvalue weighted by molar-refractivity contribution is 6.01. The first-order valence-electron chi connectivity index (χ1n) is 28.7. The SMILES string of the molecule is CCOC(=O)C1=C(CCC(c2ccccc2)N2CCCC2)N(OC(=O)/C=C/C(=O)ON2C(C)=C(C(=O)OC)C(c3cccc([N+](=O)[O-])c3)C(C(=O)OCC)=C2CCC(c2ccccc2)N2CCCC2)C(C)=C(C(=O)OC)C1c1cccc([N+](=O)[O-])c1.O. The number of non-ortho nitro benzene ring substituents is 2. The van der Waals surface area contributed by atoms with Crippen LogP contribution in [0.25, 0.3) is 0 Å². The number of nitro benzene ring substituents is 2. The second kappa shape index (κ2) is 30.2. The Hall–Kier alpha value is -9.32. The zero-order valence-electron chi connectivity index (χ0n) is 49.5. The molecule has 460 valence electrons. The molecule has 2 fully saturated rings. The molecule has 4 unspecified atom stereocenters. The average molecular weight is 1200 g/mol. The van der Waals surface area contributed by atoms with Gasteiger partial charge in [0, 0.05) is 48.5 Å². The molecular weight excluding hydrogens is 1120 g/mol. The Morgan fingerprint density at radius 3 is 1.21 bits per heavy atom. The van der Waals surface area contributed by atoms with Crippen LogP contribution in [0.2, 0.25) is 0 Å². The van der Waals surface area contributed by atoms with Crippen LogP contribution >= 0.6 is 0 Å². The third kappa shape index (κ3) is 14.9. The summed E-state index contributed by atoms with van der Waals surface area (Å²) in [5.74, 6) is -8.78. The Bertz CT molecular complexity index is 3160. The number of nitro groups is 2. The van der Waals surface area contributed by atoms with Gasteiger partial charge >= 0.3 is 35.8 Å². The fourth-order valence-corrected chi connectivity index (χ4v) is 12.0. The number of hydroxylamine groups is 4. The topological polar surface area (TPSA) is 289 Å². The van der Waals surface area contributed by atoms with Crippen LogP contribution in [-0.2, 0) is 57.4 Å². The zero-order chi connectivity index (χ0) is 61.6. The first kappa shape index (κ1) is 65.2. The number of likely N-dealkylation sites (tertiary alicyclic amines) is 2. The van der Waals surface area contributed by atoms with E-state index in [-0.39, 0.29) is 111 Å². The number of hydrogen-bond acceptors (Lipinski definition) is 20. The minimum atomic E-state index is -1.33. The Labute approximate surface area is 503 Å². The summed E-state index contributed by atoms with van der Waals surface area (Å²) in [6.07, 6.45) is 6.04. The van der Waals surface area contributed by atoms with Crippen molar-refractivity contribution in [2.75, 3.05) is 53.6 Å². The molecule has 0 radical (unpaired) electrons. The second-order valence-corrected chi connectivity index (χ2v) is 20.9. The monoisotopic (exact) mass is 1200 g/mol. The maximum Gasteiger partial charge on any atom is 0.356 e. The number of ether oxygens (including phenoxy) is 4.